The van der Waals surface area contributed by atoms with Crippen LogP contribution in [0.15, 0.2) is 11.3 Å². The number of hydrogen-bond acceptors (Lipinski definition) is 2. The van der Waals surface area contributed by atoms with E-state index in [2.05, 4.69) is 12.2 Å². The molecule has 0 amide bonds. The molecule has 2 heterocycles. The molecule has 2 heteroatoms. The minimum atomic E-state index is 0.435. The normalized spacial score (nSPS) is 31.9. The van der Waals surface area contributed by atoms with Crippen LogP contribution in [0, 0.1) is 0 Å². The molecule has 1 atom stereocenters. The van der Waals surface area contributed by atoms with Gasteiger partial charge in [-0.15, -0.1) is 0 Å². The third-order valence-corrected chi connectivity index (χ3v) is 2.16. The zero-order valence-corrected chi connectivity index (χ0v) is 6.31. The predicted molar refractivity (Wildman–Crippen MR) is 39.7 cm³/mol. The first kappa shape index (κ1) is 6.23. The average molecular weight is 139 g/mol. The highest BCUT2D eigenvalue weighted by Crippen LogP contribution is 2.28. The lowest BCUT2D eigenvalue weighted by atomic mass is 10.1. The molecule has 0 saturated heterocycles. The van der Waals surface area contributed by atoms with Gasteiger partial charge in [-0.3, -0.25) is 0 Å². The van der Waals surface area contributed by atoms with Crippen LogP contribution in [0.2, 0.25) is 0 Å². The van der Waals surface area contributed by atoms with E-state index in [-0.39, 0.29) is 0 Å². The highest BCUT2D eigenvalue weighted by atomic mass is 16.5. The van der Waals surface area contributed by atoms with Crippen LogP contribution in [0.4, 0.5) is 0 Å². The number of nitrogens with one attached hydrogen (secondary N) is 1. The lowest BCUT2D eigenvalue weighted by Gasteiger charge is -2.13. The first-order valence-electron chi connectivity index (χ1n) is 3.94. The van der Waals surface area contributed by atoms with Crippen molar-refractivity contribution in [2.75, 3.05) is 13.1 Å². The van der Waals surface area contributed by atoms with E-state index in [1.165, 1.54) is 12.2 Å². The smallest absolute Gasteiger partial charge is 0.110 e. The van der Waals surface area contributed by atoms with Crippen LogP contribution in [0.1, 0.15) is 19.8 Å². The lowest BCUT2D eigenvalue weighted by Crippen LogP contribution is -2.23. The Hall–Kier alpha value is -0.500. The second kappa shape index (κ2) is 2.27. The van der Waals surface area contributed by atoms with Crippen molar-refractivity contribution in [3.05, 3.63) is 11.3 Å². The van der Waals surface area contributed by atoms with Crippen LogP contribution in [-0.2, 0) is 4.74 Å². The van der Waals surface area contributed by atoms with Gasteiger partial charge in [0.25, 0.3) is 0 Å². The molecule has 56 valence electrons. The Kier molecular flexibility index (Phi) is 1.42. The minimum absolute atomic E-state index is 0.435. The molecule has 0 aliphatic carbocycles. The number of rotatable bonds is 0. The van der Waals surface area contributed by atoms with Crippen LogP contribution in [0.25, 0.3) is 0 Å². The molecule has 2 aliphatic rings. The summed E-state index contributed by atoms with van der Waals surface area (Å²) < 4.78 is 5.58. The summed E-state index contributed by atoms with van der Waals surface area (Å²) in [5.74, 6) is 1.22. The van der Waals surface area contributed by atoms with Crippen molar-refractivity contribution in [2.45, 2.75) is 25.9 Å². The molecule has 0 aromatic rings. The maximum Gasteiger partial charge on any atom is 0.110 e. The third kappa shape index (κ3) is 0.926. The van der Waals surface area contributed by atoms with Gasteiger partial charge in [-0.25, -0.2) is 0 Å². The molecular weight excluding hydrogens is 126 g/mol. The molecule has 0 aromatic carbocycles. The molecular formula is C8H13NO. The Morgan fingerprint density at radius 3 is 3.30 bits per heavy atom. The second-order valence-electron chi connectivity index (χ2n) is 3.09. The summed E-state index contributed by atoms with van der Waals surface area (Å²) in [7, 11) is 0. The van der Waals surface area contributed by atoms with E-state index in [1.54, 1.807) is 5.57 Å². The molecule has 1 unspecified atom stereocenters. The highest BCUT2D eigenvalue weighted by Gasteiger charge is 2.23. The SMILES string of the molecule is CC1CC2=C(CNCC2)O1. The van der Waals surface area contributed by atoms with Gasteiger partial charge in [-0.2, -0.15) is 0 Å². The van der Waals surface area contributed by atoms with Gasteiger partial charge in [0.15, 0.2) is 0 Å². The molecule has 1 N–H and O–H groups in total. The molecule has 0 spiro atoms. The van der Waals surface area contributed by atoms with Crippen molar-refractivity contribution in [2.24, 2.45) is 0 Å². The van der Waals surface area contributed by atoms with Gasteiger partial charge in [0.05, 0.1) is 12.6 Å². The fraction of sp³-hybridized carbons (Fsp3) is 0.750. The fourth-order valence-corrected chi connectivity index (χ4v) is 1.68. The van der Waals surface area contributed by atoms with Gasteiger partial charge in [0.2, 0.25) is 0 Å². The Morgan fingerprint density at radius 1 is 1.60 bits per heavy atom. The molecule has 2 aliphatic heterocycles. The number of hydrogen-bond donors (Lipinski definition) is 1. The quantitative estimate of drug-likeness (QED) is 0.541. The molecule has 0 bridgehead atoms. The van der Waals surface area contributed by atoms with Gasteiger partial charge in [-0.1, -0.05) is 0 Å². The summed E-state index contributed by atoms with van der Waals surface area (Å²) in [6.07, 6.45) is 2.79. The maximum absolute atomic E-state index is 5.58. The zero-order valence-electron chi connectivity index (χ0n) is 6.31. The number of ether oxygens (including phenoxy) is 1. The van der Waals surface area contributed by atoms with Crippen molar-refractivity contribution in [1.29, 1.82) is 0 Å². The van der Waals surface area contributed by atoms with Gasteiger partial charge in [0, 0.05) is 6.42 Å². The van der Waals surface area contributed by atoms with Crippen LogP contribution in [0.5, 0.6) is 0 Å². The van der Waals surface area contributed by atoms with E-state index < -0.39 is 0 Å². The molecule has 0 fully saturated rings. The average Bonchev–Trinajstić information content (AvgIpc) is 2.27. The van der Waals surface area contributed by atoms with E-state index in [9.17, 15) is 0 Å². The summed E-state index contributed by atoms with van der Waals surface area (Å²) in [5.41, 5.74) is 1.55. The van der Waals surface area contributed by atoms with E-state index in [0.29, 0.717) is 6.10 Å². The van der Waals surface area contributed by atoms with Gasteiger partial charge in [0.1, 0.15) is 5.76 Å². The summed E-state index contributed by atoms with van der Waals surface area (Å²) >= 11 is 0. The van der Waals surface area contributed by atoms with Gasteiger partial charge < -0.3 is 10.1 Å². The van der Waals surface area contributed by atoms with Crippen molar-refractivity contribution in [1.82, 2.24) is 5.32 Å². The van der Waals surface area contributed by atoms with E-state index in [4.69, 9.17) is 4.74 Å². The molecule has 2 rings (SSSR count). The topological polar surface area (TPSA) is 21.3 Å². The Morgan fingerprint density at radius 2 is 2.50 bits per heavy atom. The molecule has 0 aromatic heterocycles. The third-order valence-electron chi connectivity index (χ3n) is 2.16. The summed E-state index contributed by atoms with van der Waals surface area (Å²) in [4.78, 5) is 0. The predicted octanol–water partition coefficient (Wildman–Crippen LogP) is 1.04. The first-order chi connectivity index (χ1) is 4.86. The molecule has 10 heavy (non-hydrogen) atoms. The standard InChI is InChI=1S/C8H13NO/c1-6-4-7-2-3-9-5-8(7)10-6/h6,9H,2-5H2,1H3. The highest BCUT2D eigenvalue weighted by molar-refractivity contribution is 5.18. The largest absolute Gasteiger partial charge is 0.493 e. The molecule has 0 saturated carbocycles. The van der Waals surface area contributed by atoms with E-state index >= 15 is 0 Å². The lowest BCUT2D eigenvalue weighted by molar-refractivity contribution is 0.155. The van der Waals surface area contributed by atoms with Gasteiger partial charge >= 0.3 is 0 Å². The van der Waals surface area contributed by atoms with Crippen LogP contribution >= 0.6 is 0 Å². The van der Waals surface area contributed by atoms with E-state index in [1.807, 2.05) is 0 Å². The molecule has 0 radical (unpaired) electrons. The second-order valence-corrected chi connectivity index (χ2v) is 3.09. The Labute approximate surface area is 61.3 Å². The van der Waals surface area contributed by atoms with Crippen LogP contribution in [-0.4, -0.2) is 19.2 Å². The van der Waals surface area contributed by atoms with Crippen molar-refractivity contribution >= 4 is 0 Å². The van der Waals surface area contributed by atoms with Crippen molar-refractivity contribution in [3.8, 4) is 0 Å². The van der Waals surface area contributed by atoms with Crippen molar-refractivity contribution < 1.29 is 4.74 Å². The fourth-order valence-electron chi connectivity index (χ4n) is 1.68. The zero-order chi connectivity index (χ0) is 6.97. The first-order valence-corrected chi connectivity index (χ1v) is 3.94. The molecule has 2 nitrogen and oxygen atoms in total. The summed E-state index contributed by atoms with van der Waals surface area (Å²) in [6, 6.07) is 0. The monoisotopic (exact) mass is 139 g/mol. The van der Waals surface area contributed by atoms with Crippen LogP contribution < -0.4 is 5.32 Å². The minimum Gasteiger partial charge on any atom is -0.493 e. The Balaban J connectivity index is 2.13. The summed E-state index contributed by atoms with van der Waals surface area (Å²) in [6.45, 7) is 4.23. The summed E-state index contributed by atoms with van der Waals surface area (Å²) in [5, 5.41) is 3.29. The van der Waals surface area contributed by atoms with Gasteiger partial charge in [-0.05, 0) is 25.5 Å². The van der Waals surface area contributed by atoms with E-state index in [0.717, 1.165) is 19.5 Å². The van der Waals surface area contributed by atoms with Crippen molar-refractivity contribution in [3.63, 3.8) is 0 Å². The van der Waals surface area contributed by atoms with Crippen LogP contribution in [0.3, 0.4) is 0 Å². The maximum atomic E-state index is 5.58. The Bertz CT molecular complexity index is 156.